The summed E-state index contributed by atoms with van der Waals surface area (Å²) in [5.74, 6) is 0.497. The van der Waals surface area contributed by atoms with Crippen molar-refractivity contribution in [2.75, 3.05) is 13.1 Å². The standard InChI is InChI=1S/C20H28N2O3/c1-14-9-10-18(23)16(12-14)17-8-5-11-22(17)19(24)13-21-20(25)15-6-3-2-4-7-15/h2-4,6-7,14,16-18,23H,5,8-13H2,1H3,(H,21,25)/t14-,16+,17-,18+/m1/s1. The van der Waals surface area contributed by atoms with Crippen LogP contribution in [0.25, 0.3) is 0 Å². The lowest BCUT2D eigenvalue weighted by Crippen LogP contribution is -2.49. The molecule has 2 fully saturated rings. The summed E-state index contributed by atoms with van der Waals surface area (Å²) in [5, 5.41) is 13.1. The van der Waals surface area contributed by atoms with Crippen molar-refractivity contribution in [3.8, 4) is 0 Å². The monoisotopic (exact) mass is 344 g/mol. The maximum Gasteiger partial charge on any atom is 0.251 e. The molecule has 1 heterocycles. The van der Waals surface area contributed by atoms with Crippen molar-refractivity contribution in [2.45, 2.75) is 51.2 Å². The van der Waals surface area contributed by atoms with Gasteiger partial charge in [-0.05, 0) is 50.2 Å². The molecule has 1 aromatic rings. The van der Waals surface area contributed by atoms with Crippen LogP contribution in [0.2, 0.25) is 0 Å². The summed E-state index contributed by atoms with van der Waals surface area (Å²) >= 11 is 0. The fourth-order valence-corrected chi connectivity index (χ4v) is 4.32. The van der Waals surface area contributed by atoms with Gasteiger partial charge in [-0.15, -0.1) is 0 Å². The number of amides is 2. The molecule has 2 N–H and O–H groups in total. The highest BCUT2D eigenvalue weighted by atomic mass is 16.3. The first-order chi connectivity index (χ1) is 12.1. The zero-order chi connectivity index (χ0) is 17.8. The molecule has 4 atom stereocenters. The number of hydrogen-bond acceptors (Lipinski definition) is 3. The predicted octanol–water partition coefficient (Wildman–Crippen LogP) is 2.20. The minimum absolute atomic E-state index is 0.0165. The zero-order valence-corrected chi connectivity index (χ0v) is 14.9. The van der Waals surface area contributed by atoms with Gasteiger partial charge in [0.25, 0.3) is 5.91 Å². The third-order valence-electron chi connectivity index (χ3n) is 5.67. The first-order valence-electron chi connectivity index (χ1n) is 9.37. The van der Waals surface area contributed by atoms with E-state index in [2.05, 4.69) is 12.2 Å². The molecule has 0 radical (unpaired) electrons. The van der Waals surface area contributed by atoms with Crippen LogP contribution in [-0.2, 0) is 4.79 Å². The van der Waals surface area contributed by atoms with E-state index in [0.29, 0.717) is 11.5 Å². The van der Waals surface area contributed by atoms with Gasteiger partial charge in [0.15, 0.2) is 0 Å². The van der Waals surface area contributed by atoms with E-state index >= 15 is 0 Å². The van der Waals surface area contributed by atoms with E-state index in [-0.39, 0.29) is 36.4 Å². The number of carbonyl (C=O) groups is 2. The van der Waals surface area contributed by atoms with Gasteiger partial charge < -0.3 is 15.3 Å². The molecule has 5 nitrogen and oxygen atoms in total. The number of benzene rings is 1. The van der Waals surface area contributed by atoms with Crippen LogP contribution < -0.4 is 5.32 Å². The second kappa shape index (κ2) is 8.00. The van der Waals surface area contributed by atoms with E-state index in [9.17, 15) is 14.7 Å². The topological polar surface area (TPSA) is 69.6 Å². The van der Waals surface area contributed by atoms with Crippen LogP contribution in [0, 0.1) is 11.8 Å². The molecule has 1 saturated carbocycles. The Morgan fingerprint density at radius 2 is 1.96 bits per heavy atom. The smallest absolute Gasteiger partial charge is 0.251 e. The summed E-state index contributed by atoms with van der Waals surface area (Å²) < 4.78 is 0. The van der Waals surface area contributed by atoms with Gasteiger partial charge in [-0.2, -0.15) is 0 Å². The summed E-state index contributed by atoms with van der Waals surface area (Å²) in [4.78, 5) is 26.7. The molecule has 5 heteroatoms. The first kappa shape index (κ1) is 17.9. The number of aliphatic hydroxyl groups excluding tert-OH is 1. The highest BCUT2D eigenvalue weighted by Crippen LogP contribution is 2.37. The molecule has 2 amide bonds. The lowest BCUT2D eigenvalue weighted by atomic mass is 9.76. The average Bonchev–Trinajstić information content (AvgIpc) is 3.11. The third-order valence-corrected chi connectivity index (χ3v) is 5.67. The largest absolute Gasteiger partial charge is 0.393 e. The number of carbonyl (C=O) groups excluding carboxylic acids is 2. The molecule has 25 heavy (non-hydrogen) atoms. The number of nitrogens with zero attached hydrogens (tertiary/aromatic N) is 1. The lowest BCUT2D eigenvalue weighted by Gasteiger charge is -2.39. The van der Waals surface area contributed by atoms with E-state index in [1.807, 2.05) is 11.0 Å². The second-order valence-corrected chi connectivity index (χ2v) is 7.49. The van der Waals surface area contributed by atoms with Gasteiger partial charge in [0.1, 0.15) is 0 Å². The molecule has 0 aromatic heterocycles. The third kappa shape index (κ3) is 4.21. The molecule has 0 spiro atoms. The van der Waals surface area contributed by atoms with Crippen LogP contribution in [0.3, 0.4) is 0 Å². The number of rotatable bonds is 4. The lowest BCUT2D eigenvalue weighted by molar-refractivity contribution is -0.133. The maximum atomic E-state index is 12.7. The van der Waals surface area contributed by atoms with Crippen LogP contribution in [0.1, 0.15) is 49.4 Å². The van der Waals surface area contributed by atoms with Gasteiger partial charge in [-0.1, -0.05) is 25.1 Å². The summed E-state index contributed by atoms with van der Waals surface area (Å²) in [7, 11) is 0. The van der Waals surface area contributed by atoms with Gasteiger partial charge in [-0.25, -0.2) is 0 Å². The van der Waals surface area contributed by atoms with E-state index in [4.69, 9.17) is 0 Å². The van der Waals surface area contributed by atoms with Crippen molar-refractivity contribution in [3.63, 3.8) is 0 Å². The van der Waals surface area contributed by atoms with Gasteiger partial charge >= 0.3 is 0 Å². The summed E-state index contributed by atoms with van der Waals surface area (Å²) in [6, 6.07) is 9.04. The van der Waals surface area contributed by atoms with Crippen molar-refractivity contribution in [2.24, 2.45) is 11.8 Å². The summed E-state index contributed by atoms with van der Waals surface area (Å²) in [6.45, 7) is 2.96. The average molecular weight is 344 g/mol. The van der Waals surface area contributed by atoms with Crippen molar-refractivity contribution in [1.29, 1.82) is 0 Å². The molecule has 1 aromatic carbocycles. The maximum absolute atomic E-state index is 12.7. The van der Waals surface area contributed by atoms with E-state index in [0.717, 1.165) is 38.6 Å². The van der Waals surface area contributed by atoms with Crippen molar-refractivity contribution < 1.29 is 14.7 Å². The summed E-state index contributed by atoms with van der Waals surface area (Å²) in [6.07, 6.45) is 4.48. The zero-order valence-electron chi connectivity index (χ0n) is 14.9. The molecule has 1 aliphatic heterocycles. The number of aliphatic hydroxyl groups is 1. The highest BCUT2D eigenvalue weighted by Gasteiger charge is 2.40. The van der Waals surface area contributed by atoms with Gasteiger partial charge in [-0.3, -0.25) is 9.59 Å². The minimum atomic E-state index is -0.312. The summed E-state index contributed by atoms with van der Waals surface area (Å²) in [5.41, 5.74) is 0.560. The molecule has 0 unspecified atom stereocenters. The Morgan fingerprint density at radius 3 is 2.72 bits per heavy atom. The SMILES string of the molecule is C[C@@H]1CC[C@H](O)[C@H]([C@H]2CCCN2C(=O)CNC(=O)c2ccccc2)C1. The van der Waals surface area contributed by atoms with Gasteiger partial charge in [0, 0.05) is 24.1 Å². The van der Waals surface area contributed by atoms with Crippen LogP contribution in [0.4, 0.5) is 0 Å². The molecular weight excluding hydrogens is 316 g/mol. The molecule has 2 aliphatic rings. The van der Waals surface area contributed by atoms with Crippen LogP contribution in [-0.4, -0.2) is 47.1 Å². The van der Waals surface area contributed by atoms with Crippen LogP contribution in [0.5, 0.6) is 0 Å². The van der Waals surface area contributed by atoms with Crippen molar-refractivity contribution in [3.05, 3.63) is 35.9 Å². The van der Waals surface area contributed by atoms with Crippen molar-refractivity contribution >= 4 is 11.8 Å². The molecule has 3 rings (SSSR count). The highest BCUT2D eigenvalue weighted by molar-refractivity contribution is 5.96. The quantitative estimate of drug-likeness (QED) is 0.880. The second-order valence-electron chi connectivity index (χ2n) is 7.49. The number of likely N-dealkylation sites (tertiary alicyclic amines) is 1. The minimum Gasteiger partial charge on any atom is -0.393 e. The van der Waals surface area contributed by atoms with Gasteiger partial charge in [0.05, 0.1) is 12.6 Å². The van der Waals surface area contributed by atoms with E-state index < -0.39 is 0 Å². The normalized spacial score (nSPS) is 29.4. The molecule has 1 aliphatic carbocycles. The Labute approximate surface area is 149 Å². The Hall–Kier alpha value is -1.88. The predicted molar refractivity (Wildman–Crippen MR) is 96.0 cm³/mol. The first-order valence-corrected chi connectivity index (χ1v) is 9.37. The fraction of sp³-hybridized carbons (Fsp3) is 0.600. The fourth-order valence-electron chi connectivity index (χ4n) is 4.32. The Balaban J connectivity index is 1.58. The number of hydrogen-bond donors (Lipinski definition) is 2. The van der Waals surface area contributed by atoms with Crippen LogP contribution >= 0.6 is 0 Å². The molecule has 136 valence electrons. The van der Waals surface area contributed by atoms with E-state index in [1.54, 1.807) is 24.3 Å². The van der Waals surface area contributed by atoms with Gasteiger partial charge in [0.2, 0.25) is 5.91 Å². The molecule has 0 bridgehead atoms. The Kier molecular flexibility index (Phi) is 5.74. The number of nitrogens with one attached hydrogen (secondary N) is 1. The van der Waals surface area contributed by atoms with E-state index in [1.165, 1.54) is 0 Å². The Morgan fingerprint density at radius 1 is 1.20 bits per heavy atom. The molecular formula is C20H28N2O3. The van der Waals surface area contributed by atoms with Crippen LogP contribution in [0.15, 0.2) is 30.3 Å². The molecule has 1 saturated heterocycles. The Bertz CT molecular complexity index is 604. The van der Waals surface area contributed by atoms with Crippen molar-refractivity contribution in [1.82, 2.24) is 10.2 Å².